The van der Waals surface area contributed by atoms with Crippen molar-refractivity contribution in [3.63, 3.8) is 0 Å². The number of methoxy groups -OCH3 is 1. The van der Waals surface area contributed by atoms with Crippen molar-refractivity contribution in [1.82, 2.24) is 5.32 Å². The largest absolute Gasteiger partial charge is 0.497 e. The van der Waals surface area contributed by atoms with E-state index in [1.807, 2.05) is 0 Å². The zero-order valence-corrected chi connectivity index (χ0v) is 15.4. The predicted octanol–water partition coefficient (Wildman–Crippen LogP) is 4.50. The summed E-state index contributed by atoms with van der Waals surface area (Å²) in [6, 6.07) is 11.8. The summed E-state index contributed by atoms with van der Waals surface area (Å²) in [5.41, 5.74) is -0.621. The highest BCUT2D eigenvalue weighted by Crippen LogP contribution is 2.36. The van der Waals surface area contributed by atoms with E-state index in [1.54, 1.807) is 37.4 Å². The van der Waals surface area contributed by atoms with E-state index in [2.05, 4.69) is 10.6 Å². The normalized spacial score (nSPS) is 11.5. The molecule has 2 rings (SSSR count). The van der Waals surface area contributed by atoms with Crippen molar-refractivity contribution in [2.45, 2.75) is 12.7 Å². The van der Waals surface area contributed by atoms with Crippen molar-refractivity contribution < 1.29 is 22.7 Å². The van der Waals surface area contributed by atoms with Crippen molar-refractivity contribution in [3.05, 3.63) is 70.4 Å². The van der Waals surface area contributed by atoms with Crippen molar-refractivity contribution in [2.75, 3.05) is 12.4 Å². The lowest BCUT2D eigenvalue weighted by Gasteiger charge is -2.11. The molecule has 5 nitrogen and oxygen atoms in total. The van der Waals surface area contributed by atoms with Gasteiger partial charge in [0.2, 0.25) is 0 Å². The Morgan fingerprint density at radius 2 is 1.93 bits per heavy atom. The molecule has 0 aromatic heterocycles. The number of carbonyl (C=O) groups excluding carboxylic acids is 1. The van der Waals surface area contributed by atoms with E-state index >= 15 is 0 Å². The Hall–Kier alpha value is -3.18. The lowest BCUT2D eigenvalue weighted by atomic mass is 10.2. The number of nitrogens with zero attached hydrogens (tertiary/aromatic N) is 1. The fourth-order valence-corrected chi connectivity index (χ4v) is 2.41. The molecule has 0 radical (unpaired) electrons. The first-order chi connectivity index (χ1) is 13.2. The van der Waals surface area contributed by atoms with Crippen LogP contribution in [0.15, 0.2) is 54.2 Å². The summed E-state index contributed by atoms with van der Waals surface area (Å²) >= 11 is 5.54. The van der Waals surface area contributed by atoms with Crippen LogP contribution in [0.2, 0.25) is 5.02 Å². The minimum atomic E-state index is -4.66. The molecule has 0 fully saturated rings. The molecule has 146 valence electrons. The van der Waals surface area contributed by atoms with Crippen LogP contribution in [0.25, 0.3) is 0 Å². The molecular weight excluding hydrogens is 395 g/mol. The van der Waals surface area contributed by atoms with E-state index in [0.717, 1.165) is 11.6 Å². The monoisotopic (exact) mass is 409 g/mol. The number of amides is 1. The van der Waals surface area contributed by atoms with Crippen LogP contribution in [-0.2, 0) is 17.5 Å². The molecule has 2 aromatic rings. The van der Waals surface area contributed by atoms with Crippen LogP contribution in [-0.4, -0.2) is 13.0 Å². The van der Waals surface area contributed by atoms with Crippen LogP contribution in [0, 0.1) is 11.3 Å². The SMILES string of the molecule is COc1ccc(CN/C=C(/C#N)C(=O)Nc2ccc(Cl)c(C(F)(F)F)c2)cc1. The number of benzene rings is 2. The highest BCUT2D eigenvalue weighted by molar-refractivity contribution is 6.31. The number of carbonyl (C=O) groups is 1. The van der Waals surface area contributed by atoms with E-state index in [4.69, 9.17) is 21.6 Å². The van der Waals surface area contributed by atoms with Gasteiger partial charge in [0.1, 0.15) is 17.4 Å². The summed E-state index contributed by atoms with van der Waals surface area (Å²) in [5.74, 6) is -0.155. The van der Waals surface area contributed by atoms with Crippen LogP contribution in [0.3, 0.4) is 0 Å². The number of anilines is 1. The molecule has 0 saturated carbocycles. The Bertz CT molecular complexity index is 920. The van der Waals surface area contributed by atoms with Gasteiger partial charge in [-0.1, -0.05) is 23.7 Å². The maximum atomic E-state index is 12.9. The average Bonchev–Trinajstić information content (AvgIpc) is 2.66. The quantitative estimate of drug-likeness (QED) is 0.544. The van der Waals surface area contributed by atoms with Gasteiger partial charge in [0.05, 0.1) is 17.7 Å². The fourth-order valence-electron chi connectivity index (χ4n) is 2.18. The van der Waals surface area contributed by atoms with Crippen molar-refractivity contribution in [2.24, 2.45) is 0 Å². The molecule has 2 N–H and O–H groups in total. The summed E-state index contributed by atoms with van der Waals surface area (Å²) in [5, 5.41) is 13.7. The first kappa shape index (κ1) is 21.1. The molecule has 2 aromatic carbocycles. The van der Waals surface area contributed by atoms with Gasteiger partial charge in [0.25, 0.3) is 5.91 Å². The standard InChI is InChI=1S/C19H15ClF3N3O2/c1-28-15-5-2-12(3-6-15)10-25-11-13(9-24)18(27)26-14-4-7-17(20)16(8-14)19(21,22)23/h2-8,11,25H,10H2,1H3,(H,26,27)/b13-11-. The van der Waals surface area contributed by atoms with E-state index in [1.165, 1.54) is 12.3 Å². The van der Waals surface area contributed by atoms with Crippen LogP contribution in [0.5, 0.6) is 5.75 Å². The van der Waals surface area contributed by atoms with Crippen molar-refractivity contribution >= 4 is 23.2 Å². The van der Waals surface area contributed by atoms with Gasteiger partial charge in [0, 0.05) is 18.4 Å². The first-order valence-electron chi connectivity index (χ1n) is 7.89. The molecular formula is C19H15ClF3N3O2. The summed E-state index contributed by atoms with van der Waals surface area (Å²) in [7, 11) is 1.55. The molecule has 0 spiro atoms. The Labute approximate surface area is 164 Å². The molecule has 0 saturated heterocycles. The summed E-state index contributed by atoms with van der Waals surface area (Å²) in [4.78, 5) is 12.1. The zero-order valence-electron chi connectivity index (χ0n) is 14.6. The minimum Gasteiger partial charge on any atom is -0.497 e. The third-order valence-electron chi connectivity index (χ3n) is 3.61. The van der Waals surface area contributed by atoms with Crippen molar-refractivity contribution in [1.29, 1.82) is 5.26 Å². The third kappa shape index (κ3) is 5.66. The van der Waals surface area contributed by atoms with Gasteiger partial charge in [-0.2, -0.15) is 18.4 Å². The number of halogens is 4. The molecule has 0 aliphatic rings. The maximum Gasteiger partial charge on any atom is 0.417 e. The van der Waals surface area contributed by atoms with Gasteiger partial charge in [0.15, 0.2) is 0 Å². The second-order valence-electron chi connectivity index (χ2n) is 5.55. The zero-order chi connectivity index (χ0) is 20.7. The number of alkyl halides is 3. The molecule has 1 amide bonds. The highest BCUT2D eigenvalue weighted by atomic mass is 35.5. The van der Waals surface area contributed by atoms with Gasteiger partial charge in [-0.15, -0.1) is 0 Å². The maximum absolute atomic E-state index is 12.9. The lowest BCUT2D eigenvalue weighted by Crippen LogP contribution is -2.17. The van der Waals surface area contributed by atoms with Crippen LogP contribution < -0.4 is 15.4 Å². The topological polar surface area (TPSA) is 74.1 Å². The first-order valence-corrected chi connectivity index (χ1v) is 8.27. The van der Waals surface area contributed by atoms with Crippen LogP contribution >= 0.6 is 11.6 Å². The number of hydrogen-bond acceptors (Lipinski definition) is 4. The van der Waals surface area contributed by atoms with E-state index in [9.17, 15) is 18.0 Å². The summed E-state index contributed by atoms with van der Waals surface area (Å²) < 4.78 is 43.7. The number of hydrogen-bond donors (Lipinski definition) is 2. The molecule has 0 atom stereocenters. The van der Waals surface area contributed by atoms with E-state index < -0.39 is 22.7 Å². The lowest BCUT2D eigenvalue weighted by molar-refractivity contribution is -0.137. The van der Waals surface area contributed by atoms with Gasteiger partial charge in [-0.3, -0.25) is 4.79 Å². The molecule has 0 aliphatic heterocycles. The van der Waals surface area contributed by atoms with Crippen LogP contribution in [0.4, 0.5) is 18.9 Å². The molecule has 0 unspecified atom stereocenters. The second kappa shape index (κ2) is 9.15. The van der Waals surface area contributed by atoms with Gasteiger partial charge in [-0.25, -0.2) is 0 Å². The number of nitrogens with one attached hydrogen (secondary N) is 2. The number of nitriles is 1. The van der Waals surface area contributed by atoms with Gasteiger partial charge >= 0.3 is 6.18 Å². The smallest absolute Gasteiger partial charge is 0.417 e. The molecule has 0 bridgehead atoms. The third-order valence-corrected chi connectivity index (χ3v) is 3.94. The Morgan fingerprint density at radius 3 is 2.50 bits per heavy atom. The molecule has 28 heavy (non-hydrogen) atoms. The number of rotatable bonds is 6. The van der Waals surface area contributed by atoms with Gasteiger partial charge < -0.3 is 15.4 Å². The Balaban J connectivity index is 2.04. The fraction of sp³-hybridized carbons (Fsp3) is 0.158. The number of ether oxygens (including phenoxy) is 1. The molecule has 0 heterocycles. The second-order valence-corrected chi connectivity index (χ2v) is 5.95. The van der Waals surface area contributed by atoms with E-state index in [0.29, 0.717) is 18.4 Å². The summed E-state index contributed by atoms with van der Waals surface area (Å²) in [6.07, 6.45) is -3.47. The van der Waals surface area contributed by atoms with Gasteiger partial charge in [-0.05, 0) is 35.9 Å². The predicted molar refractivity (Wildman–Crippen MR) is 98.6 cm³/mol. The average molecular weight is 410 g/mol. The molecule has 9 heteroatoms. The van der Waals surface area contributed by atoms with Crippen LogP contribution in [0.1, 0.15) is 11.1 Å². The van der Waals surface area contributed by atoms with Crippen molar-refractivity contribution in [3.8, 4) is 11.8 Å². The Morgan fingerprint density at radius 1 is 1.25 bits per heavy atom. The van der Waals surface area contributed by atoms with E-state index in [-0.39, 0.29) is 11.3 Å². The molecule has 0 aliphatic carbocycles. The minimum absolute atomic E-state index is 0.127. The summed E-state index contributed by atoms with van der Waals surface area (Å²) in [6.45, 7) is 0.335. The Kier molecular flexibility index (Phi) is 6.90. The highest BCUT2D eigenvalue weighted by Gasteiger charge is 2.33.